The first-order chi connectivity index (χ1) is 10.5. The summed E-state index contributed by atoms with van der Waals surface area (Å²) in [6, 6.07) is 7.37. The Morgan fingerprint density at radius 1 is 1.32 bits per heavy atom. The molecule has 0 unspecified atom stereocenters. The topological polar surface area (TPSA) is 75.4 Å². The van der Waals surface area contributed by atoms with E-state index in [1.54, 1.807) is 18.2 Å². The average molecular weight is 294 g/mol. The third-order valence-corrected chi connectivity index (χ3v) is 4.06. The van der Waals surface area contributed by atoms with E-state index >= 15 is 0 Å². The number of aromatic nitrogens is 1. The van der Waals surface area contributed by atoms with E-state index in [0.29, 0.717) is 23.8 Å². The Kier molecular flexibility index (Phi) is 3.61. The monoisotopic (exact) mass is 294 g/mol. The second kappa shape index (κ2) is 5.45. The standard InChI is InChI=1S/C16H15BN2O3/c1-9-11(3)19-16(6-12(9)7-18)22-15-5-4-14-13(10(15)2)8-21-17(14)20/h4-6,20H,8H2,1-3H3. The lowest BCUT2D eigenvalue weighted by Crippen LogP contribution is -2.28. The number of aryl methyl sites for hydroxylation is 1. The number of ether oxygens (including phenoxy) is 1. The summed E-state index contributed by atoms with van der Waals surface area (Å²) in [5.41, 5.74) is 4.81. The lowest BCUT2D eigenvalue weighted by atomic mass is 9.78. The van der Waals surface area contributed by atoms with Crippen LogP contribution < -0.4 is 10.2 Å². The molecule has 0 fully saturated rings. The average Bonchev–Trinajstić information content (AvgIpc) is 2.87. The molecule has 2 heterocycles. The van der Waals surface area contributed by atoms with Crippen LogP contribution in [-0.4, -0.2) is 17.1 Å². The van der Waals surface area contributed by atoms with E-state index in [4.69, 9.17) is 14.7 Å². The molecule has 1 N–H and O–H groups in total. The zero-order valence-corrected chi connectivity index (χ0v) is 12.7. The third-order valence-electron chi connectivity index (χ3n) is 4.06. The van der Waals surface area contributed by atoms with Crippen LogP contribution in [0.15, 0.2) is 18.2 Å². The molecule has 0 aliphatic carbocycles. The van der Waals surface area contributed by atoms with Gasteiger partial charge in [-0.2, -0.15) is 5.26 Å². The lowest BCUT2D eigenvalue weighted by Gasteiger charge is -2.12. The molecule has 1 aliphatic rings. The molecule has 0 bridgehead atoms. The Morgan fingerprint density at radius 3 is 2.82 bits per heavy atom. The molecule has 0 amide bonds. The first kappa shape index (κ1) is 14.6. The highest BCUT2D eigenvalue weighted by molar-refractivity contribution is 6.61. The molecule has 5 nitrogen and oxygen atoms in total. The summed E-state index contributed by atoms with van der Waals surface area (Å²) in [6.07, 6.45) is 0. The molecule has 0 saturated heterocycles. The van der Waals surface area contributed by atoms with Gasteiger partial charge in [-0.25, -0.2) is 4.98 Å². The molecule has 3 rings (SSSR count). The highest BCUT2D eigenvalue weighted by Crippen LogP contribution is 2.29. The quantitative estimate of drug-likeness (QED) is 0.856. The second-order valence-corrected chi connectivity index (χ2v) is 5.35. The molecule has 0 atom stereocenters. The summed E-state index contributed by atoms with van der Waals surface area (Å²) in [6.45, 7) is 6.00. The van der Waals surface area contributed by atoms with Crippen molar-refractivity contribution in [1.29, 1.82) is 5.26 Å². The van der Waals surface area contributed by atoms with Gasteiger partial charge in [-0.1, -0.05) is 6.07 Å². The number of hydrogen-bond donors (Lipinski definition) is 1. The molecule has 0 saturated carbocycles. The summed E-state index contributed by atoms with van der Waals surface area (Å²) in [7, 11) is -0.868. The largest absolute Gasteiger partial charge is 0.491 e. The summed E-state index contributed by atoms with van der Waals surface area (Å²) in [5.74, 6) is 1.04. The molecule has 22 heavy (non-hydrogen) atoms. The van der Waals surface area contributed by atoms with Crippen molar-refractivity contribution in [1.82, 2.24) is 4.98 Å². The fraction of sp³-hybridized carbons (Fsp3) is 0.250. The smallest absolute Gasteiger partial charge is 0.439 e. The number of nitriles is 1. The van der Waals surface area contributed by atoms with E-state index in [9.17, 15) is 5.02 Å². The van der Waals surface area contributed by atoms with Crippen LogP contribution in [0.1, 0.15) is 27.9 Å². The maximum absolute atomic E-state index is 9.71. The first-order valence-electron chi connectivity index (χ1n) is 6.99. The highest BCUT2D eigenvalue weighted by atomic mass is 16.5. The van der Waals surface area contributed by atoms with Gasteiger partial charge in [0.1, 0.15) is 5.75 Å². The first-order valence-corrected chi connectivity index (χ1v) is 6.99. The Labute approximate surface area is 129 Å². The molecular formula is C16H15BN2O3. The van der Waals surface area contributed by atoms with Crippen LogP contribution in [0, 0.1) is 32.1 Å². The van der Waals surface area contributed by atoms with Crippen molar-refractivity contribution in [2.24, 2.45) is 0 Å². The number of pyridine rings is 1. The zero-order valence-electron chi connectivity index (χ0n) is 12.7. The Morgan fingerprint density at radius 2 is 2.09 bits per heavy atom. The van der Waals surface area contributed by atoms with Crippen molar-refractivity contribution in [3.05, 3.63) is 46.1 Å². The van der Waals surface area contributed by atoms with E-state index in [1.165, 1.54) is 0 Å². The van der Waals surface area contributed by atoms with Gasteiger partial charge in [0.05, 0.1) is 18.2 Å². The SMILES string of the molecule is Cc1nc(Oc2ccc3c(c2C)COB3O)cc(C#N)c1C. The van der Waals surface area contributed by atoms with Crippen molar-refractivity contribution in [3.63, 3.8) is 0 Å². The van der Waals surface area contributed by atoms with Crippen LogP contribution >= 0.6 is 0 Å². The molecule has 110 valence electrons. The number of benzene rings is 1. The van der Waals surface area contributed by atoms with E-state index in [-0.39, 0.29) is 0 Å². The van der Waals surface area contributed by atoms with E-state index < -0.39 is 7.12 Å². The van der Waals surface area contributed by atoms with Crippen LogP contribution in [0.25, 0.3) is 0 Å². The molecule has 1 aliphatic heterocycles. The third kappa shape index (κ3) is 2.35. The lowest BCUT2D eigenvalue weighted by molar-refractivity contribution is 0.274. The van der Waals surface area contributed by atoms with Gasteiger partial charge in [0.15, 0.2) is 0 Å². The summed E-state index contributed by atoms with van der Waals surface area (Å²) < 4.78 is 11.1. The number of hydrogen-bond acceptors (Lipinski definition) is 5. The van der Waals surface area contributed by atoms with Gasteiger partial charge in [0.2, 0.25) is 5.88 Å². The number of fused-ring (bicyclic) bond motifs is 1. The summed E-state index contributed by atoms with van der Waals surface area (Å²) in [5, 5.41) is 18.9. The van der Waals surface area contributed by atoms with Crippen molar-refractivity contribution in [3.8, 4) is 17.7 Å². The van der Waals surface area contributed by atoms with Crippen LogP contribution in [0.4, 0.5) is 0 Å². The molecule has 1 aromatic heterocycles. The fourth-order valence-electron chi connectivity index (χ4n) is 2.53. The van der Waals surface area contributed by atoms with Gasteiger partial charge in [-0.05, 0) is 49.0 Å². The second-order valence-electron chi connectivity index (χ2n) is 5.35. The van der Waals surface area contributed by atoms with E-state index in [1.807, 2.05) is 20.8 Å². The molecular weight excluding hydrogens is 279 g/mol. The van der Waals surface area contributed by atoms with E-state index in [2.05, 4.69) is 11.1 Å². The van der Waals surface area contributed by atoms with Crippen molar-refractivity contribution in [2.75, 3.05) is 0 Å². The summed E-state index contributed by atoms with van der Waals surface area (Å²) in [4.78, 5) is 4.37. The highest BCUT2D eigenvalue weighted by Gasteiger charge is 2.29. The normalized spacial score (nSPS) is 13.0. The Balaban J connectivity index is 1.98. The zero-order chi connectivity index (χ0) is 15.9. The molecule has 2 aromatic rings. The Bertz CT molecular complexity index is 799. The van der Waals surface area contributed by atoms with Gasteiger partial charge in [0, 0.05) is 11.8 Å². The number of rotatable bonds is 2. The van der Waals surface area contributed by atoms with E-state index in [0.717, 1.165) is 27.8 Å². The Hall–Kier alpha value is -2.36. The minimum absolute atomic E-state index is 0.364. The number of nitrogens with zero attached hydrogens (tertiary/aromatic N) is 2. The molecule has 1 aromatic carbocycles. The fourth-order valence-corrected chi connectivity index (χ4v) is 2.53. The van der Waals surface area contributed by atoms with Crippen molar-refractivity contribution < 1.29 is 14.4 Å². The predicted octanol–water partition coefficient (Wildman–Crippen LogP) is 1.89. The van der Waals surface area contributed by atoms with Crippen molar-refractivity contribution in [2.45, 2.75) is 27.4 Å². The van der Waals surface area contributed by atoms with Gasteiger partial charge >= 0.3 is 7.12 Å². The predicted molar refractivity (Wildman–Crippen MR) is 82.1 cm³/mol. The molecule has 0 spiro atoms. The van der Waals surface area contributed by atoms with Crippen LogP contribution in [0.3, 0.4) is 0 Å². The maximum Gasteiger partial charge on any atom is 0.491 e. The van der Waals surface area contributed by atoms with Gasteiger partial charge in [-0.15, -0.1) is 0 Å². The minimum atomic E-state index is -0.868. The molecule has 0 radical (unpaired) electrons. The molecule has 6 heteroatoms. The van der Waals surface area contributed by atoms with Gasteiger partial charge < -0.3 is 14.4 Å². The van der Waals surface area contributed by atoms with Crippen LogP contribution in [0.5, 0.6) is 11.6 Å². The van der Waals surface area contributed by atoms with Gasteiger partial charge in [-0.3, -0.25) is 0 Å². The van der Waals surface area contributed by atoms with Crippen LogP contribution in [-0.2, 0) is 11.3 Å². The van der Waals surface area contributed by atoms with Crippen LogP contribution in [0.2, 0.25) is 0 Å². The van der Waals surface area contributed by atoms with Gasteiger partial charge in [0.25, 0.3) is 0 Å². The minimum Gasteiger partial charge on any atom is -0.439 e. The maximum atomic E-state index is 9.71. The van der Waals surface area contributed by atoms with Crippen molar-refractivity contribution >= 4 is 12.6 Å². The summed E-state index contributed by atoms with van der Waals surface area (Å²) >= 11 is 0.